The van der Waals surface area contributed by atoms with E-state index in [0.29, 0.717) is 5.56 Å². The van der Waals surface area contributed by atoms with Crippen molar-refractivity contribution in [3.63, 3.8) is 0 Å². The lowest BCUT2D eigenvalue weighted by atomic mass is 10.0. The van der Waals surface area contributed by atoms with Crippen LogP contribution >= 0.6 is 15.9 Å². The molecule has 0 saturated heterocycles. The van der Waals surface area contributed by atoms with E-state index in [1.165, 1.54) is 5.56 Å². The minimum absolute atomic E-state index is 0.366. The second-order valence-corrected chi connectivity index (χ2v) is 4.03. The molecule has 0 fully saturated rings. The normalized spacial score (nSPS) is 10.1. The standard InChI is InChI=1S/C11H13BrO2/c1-8-7-10(11(13)14)5-4-9(8)3-2-6-12/h4-5,7H,2-3,6H2,1H3,(H,13,14). The molecule has 0 heterocycles. The van der Waals surface area contributed by atoms with E-state index in [4.69, 9.17) is 5.11 Å². The summed E-state index contributed by atoms with van der Waals surface area (Å²) in [6, 6.07) is 5.30. The van der Waals surface area contributed by atoms with Crippen molar-refractivity contribution in [1.82, 2.24) is 0 Å². The molecule has 0 radical (unpaired) electrons. The van der Waals surface area contributed by atoms with Gasteiger partial charge in [0.2, 0.25) is 0 Å². The van der Waals surface area contributed by atoms with Gasteiger partial charge >= 0.3 is 5.97 Å². The number of hydrogen-bond donors (Lipinski definition) is 1. The molecule has 1 aromatic carbocycles. The van der Waals surface area contributed by atoms with E-state index < -0.39 is 5.97 Å². The fourth-order valence-electron chi connectivity index (χ4n) is 1.37. The fraction of sp³-hybridized carbons (Fsp3) is 0.364. The van der Waals surface area contributed by atoms with Gasteiger partial charge in [-0.2, -0.15) is 0 Å². The lowest BCUT2D eigenvalue weighted by Gasteiger charge is -2.05. The highest BCUT2D eigenvalue weighted by Crippen LogP contribution is 2.13. The molecular formula is C11H13BrO2. The highest BCUT2D eigenvalue weighted by atomic mass is 79.9. The van der Waals surface area contributed by atoms with Crippen molar-refractivity contribution in [3.8, 4) is 0 Å². The van der Waals surface area contributed by atoms with Gasteiger partial charge in [0.15, 0.2) is 0 Å². The molecule has 0 spiro atoms. The Hall–Kier alpha value is -0.830. The lowest BCUT2D eigenvalue weighted by Crippen LogP contribution is -1.99. The topological polar surface area (TPSA) is 37.3 Å². The number of aromatic carboxylic acids is 1. The van der Waals surface area contributed by atoms with Gasteiger partial charge in [-0.15, -0.1) is 0 Å². The third-order valence-electron chi connectivity index (χ3n) is 2.17. The SMILES string of the molecule is Cc1cc(C(=O)O)ccc1CCCBr. The molecular weight excluding hydrogens is 244 g/mol. The maximum absolute atomic E-state index is 10.7. The molecule has 1 rings (SSSR count). The van der Waals surface area contributed by atoms with Crippen molar-refractivity contribution >= 4 is 21.9 Å². The highest BCUT2D eigenvalue weighted by molar-refractivity contribution is 9.09. The van der Waals surface area contributed by atoms with Crippen molar-refractivity contribution in [2.75, 3.05) is 5.33 Å². The van der Waals surface area contributed by atoms with Crippen LogP contribution in [0.15, 0.2) is 18.2 Å². The van der Waals surface area contributed by atoms with Crippen molar-refractivity contribution in [2.45, 2.75) is 19.8 Å². The number of alkyl halides is 1. The molecule has 0 atom stereocenters. The molecule has 1 N–H and O–H groups in total. The molecule has 0 aliphatic rings. The molecule has 76 valence electrons. The number of carboxylic acids is 1. The highest BCUT2D eigenvalue weighted by Gasteiger charge is 2.04. The van der Waals surface area contributed by atoms with Gasteiger partial charge in [0.1, 0.15) is 0 Å². The van der Waals surface area contributed by atoms with Crippen LogP contribution in [0, 0.1) is 6.92 Å². The van der Waals surface area contributed by atoms with E-state index in [0.717, 1.165) is 23.7 Å². The van der Waals surface area contributed by atoms with E-state index in [1.54, 1.807) is 12.1 Å². The second kappa shape index (κ2) is 5.15. The second-order valence-electron chi connectivity index (χ2n) is 3.24. The zero-order chi connectivity index (χ0) is 10.6. The van der Waals surface area contributed by atoms with Gasteiger partial charge in [0.05, 0.1) is 5.56 Å². The predicted octanol–water partition coefficient (Wildman–Crippen LogP) is 3.02. The quantitative estimate of drug-likeness (QED) is 0.842. The molecule has 14 heavy (non-hydrogen) atoms. The van der Waals surface area contributed by atoms with Crippen molar-refractivity contribution in [1.29, 1.82) is 0 Å². The fourth-order valence-corrected chi connectivity index (χ4v) is 1.65. The van der Waals surface area contributed by atoms with Crippen LogP contribution in [0.2, 0.25) is 0 Å². The summed E-state index contributed by atoms with van der Waals surface area (Å²) in [5.41, 5.74) is 2.66. The Morgan fingerprint density at radius 1 is 1.50 bits per heavy atom. The van der Waals surface area contributed by atoms with E-state index in [1.807, 2.05) is 13.0 Å². The van der Waals surface area contributed by atoms with Crippen molar-refractivity contribution in [3.05, 3.63) is 34.9 Å². The summed E-state index contributed by atoms with van der Waals surface area (Å²) in [5.74, 6) is -0.861. The van der Waals surface area contributed by atoms with E-state index in [9.17, 15) is 4.79 Å². The Morgan fingerprint density at radius 2 is 2.21 bits per heavy atom. The van der Waals surface area contributed by atoms with Gasteiger partial charge in [-0.3, -0.25) is 0 Å². The summed E-state index contributed by atoms with van der Waals surface area (Å²) >= 11 is 3.37. The summed E-state index contributed by atoms with van der Waals surface area (Å²) in [7, 11) is 0. The first-order chi connectivity index (χ1) is 6.65. The minimum atomic E-state index is -0.861. The molecule has 0 aromatic heterocycles. The summed E-state index contributed by atoms with van der Waals surface area (Å²) in [6.45, 7) is 1.95. The molecule has 0 amide bonds. The molecule has 3 heteroatoms. The van der Waals surface area contributed by atoms with Crippen LogP contribution in [-0.4, -0.2) is 16.4 Å². The average Bonchev–Trinajstić information content (AvgIpc) is 2.15. The third-order valence-corrected chi connectivity index (χ3v) is 2.73. The number of hydrogen-bond acceptors (Lipinski definition) is 1. The predicted molar refractivity (Wildman–Crippen MR) is 60.3 cm³/mol. The van der Waals surface area contributed by atoms with Gasteiger partial charge in [-0.25, -0.2) is 4.79 Å². The van der Waals surface area contributed by atoms with Crippen molar-refractivity contribution < 1.29 is 9.90 Å². The monoisotopic (exact) mass is 256 g/mol. The van der Waals surface area contributed by atoms with Crippen LogP contribution in [0.3, 0.4) is 0 Å². The number of aryl methyl sites for hydroxylation is 2. The van der Waals surface area contributed by atoms with E-state index >= 15 is 0 Å². The van der Waals surface area contributed by atoms with Gasteiger partial charge in [0.25, 0.3) is 0 Å². The van der Waals surface area contributed by atoms with Gasteiger partial charge in [-0.1, -0.05) is 22.0 Å². The largest absolute Gasteiger partial charge is 0.478 e. The van der Waals surface area contributed by atoms with Gasteiger partial charge in [-0.05, 0) is 43.0 Å². The van der Waals surface area contributed by atoms with Gasteiger partial charge in [0, 0.05) is 5.33 Å². The van der Waals surface area contributed by atoms with E-state index in [2.05, 4.69) is 15.9 Å². The number of benzene rings is 1. The maximum atomic E-state index is 10.7. The first-order valence-corrected chi connectivity index (χ1v) is 5.66. The zero-order valence-electron chi connectivity index (χ0n) is 8.09. The Labute approximate surface area is 92.1 Å². The average molecular weight is 257 g/mol. The Kier molecular flexibility index (Phi) is 4.14. The summed E-state index contributed by atoms with van der Waals surface area (Å²) < 4.78 is 0. The minimum Gasteiger partial charge on any atom is -0.478 e. The molecule has 0 saturated carbocycles. The summed E-state index contributed by atoms with van der Waals surface area (Å²) in [6.07, 6.45) is 2.07. The Bertz CT molecular complexity index is 334. The van der Waals surface area contributed by atoms with Crippen LogP contribution in [0.4, 0.5) is 0 Å². The van der Waals surface area contributed by atoms with E-state index in [-0.39, 0.29) is 0 Å². The molecule has 0 unspecified atom stereocenters. The van der Waals surface area contributed by atoms with Crippen LogP contribution in [0.25, 0.3) is 0 Å². The third kappa shape index (κ3) is 2.84. The first-order valence-electron chi connectivity index (χ1n) is 4.54. The van der Waals surface area contributed by atoms with Crippen LogP contribution in [-0.2, 0) is 6.42 Å². The lowest BCUT2D eigenvalue weighted by molar-refractivity contribution is 0.0697. The summed E-state index contributed by atoms with van der Waals surface area (Å²) in [4.78, 5) is 10.7. The Balaban J connectivity index is 2.84. The Morgan fingerprint density at radius 3 is 2.71 bits per heavy atom. The van der Waals surface area contributed by atoms with Crippen LogP contribution in [0.1, 0.15) is 27.9 Å². The van der Waals surface area contributed by atoms with Gasteiger partial charge < -0.3 is 5.11 Å². The summed E-state index contributed by atoms with van der Waals surface area (Å²) in [5, 5.41) is 9.75. The zero-order valence-corrected chi connectivity index (χ0v) is 9.67. The number of rotatable bonds is 4. The molecule has 0 bridgehead atoms. The van der Waals surface area contributed by atoms with Crippen LogP contribution < -0.4 is 0 Å². The smallest absolute Gasteiger partial charge is 0.335 e. The van der Waals surface area contributed by atoms with Crippen molar-refractivity contribution in [2.24, 2.45) is 0 Å². The maximum Gasteiger partial charge on any atom is 0.335 e. The number of carbonyl (C=O) groups is 1. The number of carboxylic acid groups (broad SMARTS) is 1. The molecule has 0 aliphatic carbocycles. The molecule has 0 aliphatic heterocycles. The molecule has 2 nitrogen and oxygen atoms in total. The first kappa shape index (κ1) is 11.2. The number of halogens is 1. The van der Waals surface area contributed by atoms with Crippen LogP contribution in [0.5, 0.6) is 0 Å². The molecule has 1 aromatic rings.